The van der Waals surface area contributed by atoms with Gasteiger partial charge in [-0.15, -0.1) is 0 Å². The third-order valence-electron chi connectivity index (χ3n) is 3.34. The lowest BCUT2D eigenvalue weighted by atomic mass is 10.2. The molecule has 0 heterocycles. The Morgan fingerprint density at radius 2 is 1.88 bits per heavy atom. The largest absolute Gasteiger partial charge is 0.348 e. The SMILES string of the molecule is CNS(=O)(=O)c1ccc(/C=C/C(=O)NCc2ccc(Br)c(F)c2)cc1. The minimum atomic E-state index is -3.48. The van der Waals surface area contributed by atoms with Crippen LogP contribution in [0.5, 0.6) is 0 Å². The quantitative estimate of drug-likeness (QED) is 0.697. The van der Waals surface area contributed by atoms with Gasteiger partial charge in [0.1, 0.15) is 5.82 Å². The van der Waals surface area contributed by atoms with E-state index in [4.69, 9.17) is 0 Å². The zero-order chi connectivity index (χ0) is 18.4. The summed E-state index contributed by atoms with van der Waals surface area (Å²) in [5.41, 5.74) is 1.32. The normalized spacial score (nSPS) is 11.6. The summed E-state index contributed by atoms with van der Waals surface area (Å²) >= 11 is 3.07. The van der Waals surface area contributed by atoms with Gasteiger partial charge in [-0.2, -0.15) is 0 Å². The lowest BCUT2D eigenvalue weighted by Gasteiger charge is -2.04. The number of halogens is 2. The number of carbonyl (C=O) groups is 1. The molecule has 0 aliphatic carbocycles. The fraction of sp³-hybridized carbons (Fsp3) is 0.118. The standard InChI is InChI=1S/C17H16BrFN2O3S/c1-20-25(23,24)14-6-2-12(3-7-14)5-9-17(22)21-11-13-4-8-15(18)16(19)10-13/h2-10,20H,11H2,1H3,(H,21,22)/b9-5+. The van der Waals surface area contributed by atoms with E-state index in [0.717, 1.165) is 0 Å². The summed E-state index contributed by atoms with van der Waals surface area (Å²) < 4.78 is 39.2. The molecule has 0 fully saturated rings. The summed E-state index contributed by atoms with van der Waals surface area (Å²) in [5.74, 6) is -0.728. The first-order chi connectivity index (χ1) is 11.8. The van der Waals surface area contributed by atoms with Crippen molar-refractivity contribution in [3.05, 3.63) is 70.0 Å². The van der Waals surface area contributed by atoms with Crippen molar-refractivity contribution in [2.24, 2.45) is 0 Å². The topological polar surface area (TPSA) is 75.3 Å². The maximum Gasteiger partial charge on any atom is 0.244 e. The fourth-order valence-corrected chi connectivity index (χ4v) is 2.92. The molecular formula is C17H16BrFN2O3S. The third-order valence-corrected chi connectivity index (χ3v) is 5.41. The monoisotopic (exact) mass is 426 g/mol. The summed E-state index contributed by atoms with van der Waals surface area (Å²) in [6, 6.07) is 10.7. The van der Waals surface area contributed by atoms with Crippen LogP contribution in [0.1, 0.15) is 11.1 Å². The molecule has 0 aliphatic rings. The number of hydrogen-bond donors (Lipinski definition) is 2. The molecule has 2 aromatic carbocycles. The van der Waals surface area contributed by atoms with Crippen LogP contribution >= 0.6 is 15.9 Å². The summed E-state index contributed by atoms with van der Waals surface area (Å²) in [7, 11) is -2.14. The van der Waals surface area contributed by atoms with Gasteiger partial charge in [-0.05, 0) is 64.4 Å². The number of amides is 1. The molecule has 5 nitrogen and oxygen atoms in total. The summed E-state index contributed by atoms with van der Waals surface area (Å²) in [6.45, 7) is 0.201. The molecule has 0 radical (unpaired) electrons. The first-order valence-electron chi connectivity index (χ1n) is 7.25. The number of sulfonamides is 1. The van der Waals surface area contributed by atoms with E-state index in [0.29, 0.717) is 15.6 Å². The van der Waals surface area contributed by atoms with Gasteiger partial charge in [-0.3, -0.25) is 4.79 Å². The second kappa shape index (κ2) is 8.37. The maximum atomic E-state index is 13.4. The first-order valence-corrected chi connectivity index (χ1v) is 9.53. The van der Waals surface area contributed by atoms with Crippen LogP contribution in [0.2, 0.25) is 0 Å². The molecule has 0 aromatic heterocycles. The number of rotatable bonds is 6. The first kappa shape index (κ1) is 19.3. The highest BCUT2D eigenvalue weighted by atomic mass is 79.9. The van der Waals surface area contributed by atoms with Crippen LogP contribution in [0.15, 0.2) is 57.9 Å². The molecule has 0 saturated heterocycles. The Bertz CT molecular complexity index is 897. The van der Waals surface area contributed by atoms with Gasteiger partial charge in [0, 0.05) is 12.6 Å². The Kier molecular flexibility index (Phi) is 6.46. The van der Waals surface area contributed by atoms with E-state index in [9.17, 15) is 17.6 Å². The van der Waals surface area contributed by atoms with Crippen molar-refractivity contribution in [2.75, 3.05) is 7.05 Å². The van der Waals surface area contributed by atoms with E-state index in [1.165, 1.54) is 31.3 Å². The maximum absolute atomic E-state index is 13.4. The number of carbonyl (C=O) groups excluding carboxylic acids is 1. The highest BCUT2D eigenvalue weighted by Crippen LogP contribution is 2.16. The number of benzene rings is 2. The lowest BCUT2D eigenvalue weighted by molar-refractivity contribution is -0.116. The average Bonchev–Trinajstić information content (AvgIpc) is 2.61. The molecule has 2 N–H and O–H groups in total. The molecule has 0 saturated carbocycles. The zero-order valence-electron chi connectivity index (χ0n) is 13.3. The van der Waals surface area contributed by atoms with Gasteiger partial charge in [-0.25, -0.2) is 17.5 Å². The number of nitrogens with one attached hydrogen (secondary N) is 2. The third kappa shape index (κ3) is 5.48. The van der Waals surface area contributed by atoms with Crippen molar-refractivity contribution in [3.8, 4) is 0 Å². The molecule has 2 rings (SSSR count). The van der Waals surface area contributed by atoms with Crippen molar-refractivity contribution >= 4 is 37.9 Å². The highest BCUT2D eigenvalue weighted by molar-refractivity contribution is 9.10. The van der Waals surface area contributed by atoms with E-state index in [1.807, 2.05) is 0 Å². The molecule has 0 atom stereocenters. The minimum Gasteiger partial charge on any atom is -0.348 e. The predicted octanol–water partition coefficient (Wildman–Crippen LogP) is 2.83. The Morgan fingerprint density at radius 3 is 2.48 bits per heavy atom. The summed E-state index contributed by atoms with van der Waals surface area (Å²) in [5, 5.41) is 2.65. The van der Waals surface area contributed by atoms with Crippen molar-refractivity contribution in [1.29, 1.82) is 0 Å². The molecule has 0 spiro atoms. The Hall–Kier alpha value is -2.03. The van der Waals surface area contributed by atoms with Crippen molar-refractivity contribution in [2.45, 2.75) is 11.4 Å². The second-order valence-corrected chi connectivity index (χ2v) is 7.82. The van der Waals surface area contributed by atoms with Gasteiger partial charge >= 0.3 is 0 Å². The van der Waals surface area contributed by atoms with E-state index in [-0.39, 0.29) is 23.2 Å². The van der Waals surface area contributed by atoms with Crippen LogP contribution in [-0.4, -0.2) is 21.4 Å². The Labute approximate surface area is 154 Å². The molecule has 1 amide bonds. The van der Waals surface area contributed by atoms with E-state index in [2.05, 4.69) is 26.0 Å². The highest BCUT2D eigenvalue weighted by Gasteiger charge is 2.09. The van der Waals surface area contributed by atoms with Crippen molar-refractivity contribution in [1.82, 2.24) is 10.0 Å². The molecule has 0 unspecified atom stereocenters. The summed E-state index contributed by atoms with van der Waals surface area (Å²) in [6.07, 6.45) is 2.89. The van der Waals surface area contributed by atoms with E-state index < -0.39 is 10.0 Å². The fourth-order valence-electron chi connectivity index (χ4n) is 1.95. The van der Waals surface area contributed by atoms with Crippen LogP contribution < -0.4 is 10.0 Å². The predicted molar refractivity (Wildman–Crippen MR) is 97.7 cm³/mol. The van der Waals surface area contributed by atoms with Crippen LogP contribution in [0, 0.1) is 5.82 Å². The minimum absolute atomic E-state index is 0.147. The number of hydrogen-bond acceptors (Lipinski definition) is 3. The zero-order valence-corrected chi connectivity index (χ0v) is 15.7. The molecule has 0 aliphatic heterocycles. The molecule has 132 valence electrons. The van der Waals surface area contributed by atoms with Gasteiger partial charge < -0.3 is 5.32 Å². The van der Waals surface area contributed by atoms with Gasteiger partial charge in [0.05, 0.1) is 9.37 Å². The molecule has 25 heavy (non-hydrogen) atoms. The molecular weight excluding hydrogens is 411 g/mol. The van der Waals surface area contributed by atoms with Crippen LogP contribution in [0.4, 0.5) is 4.39 Å². The lowest BCUT2D eigenvalue weighted by Crippen LogP contribution is -2.20. The van der Waals surface area contributed by atoms with E-state index >= 15 is 0 Å². The molecule has 2 aromatic rings. The van der Waals surface area contributed by atoms with Gasteiger partial charge in [0.2, 0.25) is 15.9 Å². The van der Waals surface area contributed by atoms with Gasteiger partial charge in [-0.1, -0.05) is 18.2 Å². The second-order valence-electron chi connectivity index (χ2n) is 5.08. The van der Waals surface area contributed by atoms with Crippen LogP contribution in [-0.2, 0) is 21.4 Å². The van der Waals surface area contributed by atoms with Gasteiger partial charge in [0.15, 0.2) is 0 Å². The van der Waals surface area contributed by atoms with Crippen LogP contribution in [0.3, 0.4) is 0 Å². The van der Waals surface area contributed by atoms with Crippen molar-refractivity contribution < 1.29 is 17.6 Å². The van der Waals surface area contributed by atoms with E-state index in [1.54, 1.807) is 30.3 Å². The average molecular weight is 427 g/mol. The van der Waals surface area contributed by atoms with Gasteiger partial charge in [0.25, 0.3) is 0 Å². The molecule has 0 bridgehead atoms. The Balaban J connectivity index is 1.94. The summed E-state index contributed by atoms with van der Waals surface area (Å²) in [4.78, 5) is 12.0. The molecule has 8 heteroatoms. The smallest absolute Gasteiger partial charge is 0.244 e. The van der Waals surface area contributed by atoms with Crippen molar-refractivity contribution in [3.63, 3.8) is 0 Å². The van der Waals surface area contributed by atoms with Crippen LogP contribution in [0.25, 0.3) is 6.08 Å². The Morgan fingerprint density at radius 1 is 1.20 bits per heavy atom.